The second kappa shape index (κ2) is 3.22. The van der Waals surface area contributed by atoms with E-state index < -0.39 is 0 Å². The molecule has 0 rings (SSSR count). The molecule has 4 heavy (non-hydrogen) atoms. The van der Waals surface area contributed by atoms with Crippen molar-refractivity contribution in [2.24, 2.45) is 0 Å². The average Bonchev–Trinajstić information content (AvgIpc) is 1.37. The molecule has 0 N–H and O–H groups in total. The van der Waals surface area contributed by atoms with Gasteiger partial charge < -0.3 is 0 Å². The maximum Gasteiger partial charge on any atom is -0.0227 e. The van der Waals surface area contributed by atoms with Crippen molar-refractivity contribution in [3.8, 4) is 0 Å². The molecule has 0 saturated heterocycles. The monoisotopic (exact) mass is 75.0 g/mol. The normalized spacial score (nSPS) is 11.5. The lowest BCUT2D eigenvalue weighted by Crippen LogP contribution is -1.37. The van der Waals surface area contributed by atoms with E-state index >= 15 is 0 Å². The predicted molar refractivity (Wildman–Crippen MR) is 25.6 cm³/mol. The predicted octanol–water partition coefficient (Wildman–Crippen LogP) is 0.781. The largest absolute Gasteiger partial charge is 0.200 e. The Bertz CT molecular complexity index is 18.5. The van der Waals surface area contributed by atoms with Crippen molar-refractivity contribution in [1.82, 2.24) is 0 Å². The van der Waals surface area contributed by atoms with Crippen LogP contribution in [0.5, 0.6) is 0 Å². The first kappa shape index (κ1) is 4.22. The van der Waals surface area contributed by atoms with E-state index in [0.717, 1.165) is 0 Å². The quantitative estimate of drug-likeness (QED) is 0.319. The molecule has 0 amide bonds. The van der Waals surface area contributed by atoms with Gasteiger partial charge in [-0.3, -0.25) is 0 Å². The summed E-state index contributed by atoms with van der Waals surface area (Å²) in [5.41, 5.74) is 0. The molecule has 1 radical (unpaired) electrons. The SMILES string of the molecule is C[C]=[SH]C. The molecule has 0 aliphatic rings. The standard InChI is InChI=1S/C3H7S/c1-3-4-2/h4H,1-2H3. The summed E-state index contributed by atoms with van der Waals surface area (Å²) in [5, 5.41) is 2.90. The fraction of sp³-hybridized carbons (Fsp3) is 0.667. The van der Waals surface area contributed by atoms with Gasteiger partial charge in [0.25, 0.3) is 0 Å². The first-order valence-corrected chi connectivity index (χ1v) is 2.51. The molecule has 0 unspecified atom stereocenters. The zero-order valence-corrected chi connectivity index (χ0v) is 3.84. The van der Waals surface area contributed by atoms with E-state index in [2.05, 4.69) is 5.37 Å². The van der Waals surface area contributed by atoms with Crippen LogP contribution in [0.1, 0.15) is 6.92 Å². The minimum Gasteiger partial charge on any atom is -0.200 e. The molecule has 0 atom stereocenters. The van der Waals surface area contributed by atoms with Gasteiger partial charge in [0.1, 0.15) is 0 Å². The van der Waals surface area contributed by atoms with Crippen LogP contribution in [0.4, 0.5) is 0 Å². The first-order chi connectivity index (χ1) is 1.91. The summed E-state index contributed by atoms with van der Waals surface area (Å²) in [6.07, 6.45) is 2.04. The second-order valence-corrected chi connectivity index (χ2v) is 1.34. The molecule has 0 spiro atoms. The maximum absolute atomic E-state index is 2.90. The summed E-state index contributed by atoms with van der Waals surface area (Å²) in [6, 6.07) is 0. The van der Waals surface area contributed by atoms with Gasteiger partial charge in [-0.05, 0) is 18.5 Å². The third-order valence-corrected chi connectivity index (χ3v) is 0.671. The average molecular weight is 75.2 g/mol. The Morgan fingerprint density at radius 2 is 2.00 bits per heavy atom. The van der Waals surface area contributed by atoms with E-state index in [9.17, 15) is 0 Å². The van der Waals surface area contributed by atoms with E-state index in [4.69, 9.17) is 0 Å². The summed E-state index contributed by atoms with van der Waals surface area (Å²) in [5.74, 6) is 0. The highest BCUT2D eigenvalue weighted by molar-refractivity contribution is 7.96. The fourth-order valence-electron chi connectivity index (χ4n) is 0. The molecule has 1 heteroatoms. The number of hydrogen-bond acceptors (Lipinski definition) is 0. The molecule has 0 aromatic heterocycles. The smallest absolute Gasteiger partial charge is 0.0227 e. The highest BCUT2D eigenvalue weighted by atomic mass is 32.1. The molecule has 0 aliphatic heterocycles. The molecule has 0 saturated carbocycles. The maximum atomic E-state index is 2.90. The molecule has 0 fully saturated rings. The Kier molecular flexibility index (Phi) is 3.40. The molecule has 0 nitrogen and oxygen atoms in total. The van der Waals surface area contributed by atoms with Crippen LogP contribution >= 0.6 is 11.4 Å². The van der Waals surface area contributed by atoms with Gasteiger partial charge in [0, 0.05) is 0 Å². The van der Waals surface area contributed by atoms with Crippen molar-refractivity contribution in [3.05, 3.63) is 0 Å². The van der Waals surface area contributed by atoms with Gasteiger partial charge in [-0.1, -0.05) is 0 Å². The van der Waals surface area contributed by atoms with Crippen LogP contribution in [0.15, 0.2) is 0 Å². The van der Waals surface area contributed by atoms with Crippen LogP contribution < -0.4 is 0 Å². The Hall–Kier alpha value is 0.220. The summed E-state index contributed by atoms with van der Waals surface area (Å²) in [6.45, 7) is 1.92. The Morgan fingerprint density at radius 3 is 2.00 bits per heavy atom. The summed E-state index contributed by atoms with van der Waals surface area (Å²) in [4.78, 5) is 0. The van der Waals surface area contributed by atoms with E-state index in [1.807, 2.05) is 13.2 Å². The third kappa shape index (κ3) is 2.22. The minimum absolute atomic E-state index is 1.25. The number of rotatable bonds is 0. The zero-order chi connectivity index (χ0) is 3.41. The lowest BCUT2D eigenvalue weighted by atomic mass is 11.0. The second-order valence-electron chi connectivity index (χ2n) is 0.447. The Balaban J connectivity index is 2.55. The van der Waals surface area contributed by atoms with Crippen LogP contribution in [-0.4, -0.2) is 11.6 Å². The van der Waals surface area contributed by atoms with Gasteiger partial charge in [-0.2, -0.15) is 11.4 Å². The van der Waals surface area contributed by atoms with Crippen LogP contribution in [0.3, 0.4) is 0 Å². The van der Waals surface area contributed by atoms with Gasteiger partial charge in [0.15, 0.2) is 0 Å². The van der Waals surface area contributed by atoms with Gasteiger partial charge in [0.2, 0.25) is 0 Å². The fourth-order valence-corrected chi connectivity index (χ4v) is 0. The van der Waals surface area contributed by atoms with Crippen LogP contribution in [0.2, 0.25) is 0 Å². The minimum atomic E-state index is 1.25. The summed E-state index contributed by atoms with van der Waals surface area (Å²) >= 11 is 1.25. The van der Waals surface area contributed by atoms with Crippen molar-refractivity contribution < 1.29 is 0 Å². The molecule has 0 aromatic rings. The molecule has 0 aromatic carbocycles. The molecular formula is C3H7S. The van der Waals surface area contributed by atoms with Crippen LogP contribution in [-0.2, 0) is 0 Å². The van der Waals surface area contributed by atoms with E-state index in [0.29, 0.717) is 0 Å². The van der Waals surface area contributed by atoms with Crippen molar-refractivity contribution in [2.45, 2.75) is 6.92 Å². The van der Waals surface area contributed by atoms with Crippen molar-refractivity contribution in [3.63, 3.8) is 0 Å². The molecule has 0 bridgehead atoms. The van der Waals surface area contributed by atoms with Gasteiger partial charge >= 0.3 is 0 Å². The van der Waals surface area contributed by atoms with Crippen molar-refractivity contribution in [2.75, 3.05) is 6.26 Å². The number of thiol groups is 1. The van der Waals surface area contributed by atoms with Crippen molar-refractivity contribution in [1.29, 1.82) is 0 Å². The molecule has 0 heterocycles. The molecular weight excluding hydrogens is 68.1 g/mol. The molecule has 25 valence electrons. The zero-order valence-electron chi connectivity index (χ0n) is 2.95. The van der Waals surface area contributed by atoms with Crippen LogP contribution in [0, 0.1) is 0 Å². The highest BCUT2D eigenvalue weighted by Crippen LogP contribution is 1.61. The topological polar surface area (TPSA) is 0 Å². The Labute approximate surface area is 30.8 Å². The summed E-state index contributed by atoms with van der Waals surface area (Å²) in [7, 11) is 0. The van der Waals surface area contributed by atoms with Crippen molar-refractivity contribution >= 4 is 16.7 Å². The van der Waals surface area contributed by atoms with Crippen LogP contribution in [0.25, 0.3) is 0 Å². The highest BCUT2D eigenvalue weighted by Gasteiger charge is 1.34. The third-order valence-electron chi connectivity index (χ3n) is 0.224. The Morgan fingerprint density at radius 1 is 1.75 bits per heavy atom. The van der Waals surface area contributed by atoms with E-state index in [1.54, 1.807) is 0 Å². The van der Waals surface area contributed by atoms with Gasteiger partial charge in [-0.15, -0.1) is 0 Å². The first-order valence-electron chi connectivity index (χ1n) is 1.17. The number of hydrogen-bond donors (Lipinski definition) is 1. The van der Waals surface area contributed by atoms with Gasteiger partial charge in [-0.25, -0.2) is 0 Å². The lowest BCUT2D eigenvalue weighted by molar-refractivity contribution is 2.14. The van der Waals surface area contributed by atoms with E-state index in [1.165, 1.54) is 11.4 Å². The lowest BCUT2D eigenvalue weighted by Gasteiger charge is -1.50. The molecule has 0 aliphatic carbocycles. The summed E-state index contributed by atoms with van der Waals surface area (Å²) < 4.78 is 0. The van der Waals surface area contributed by atoms with E-state index in [-0.39, 0.29) is 0 Å². The van der Waals surface area contributed by atoms with Gasteiger partial charge in [0.05, 0.1) is 0 Å².